The van der Waals surface area contributed by atoms with Crippen molar-refractivity contribution in [2.24, 2.45) is 0 Å². The molecule has 5 nitrogen and oxygen atoms in total. The van der Waals surface area contributed by atoms with E-state index in [1.807, 2.05) is 0 Å². The van der Waals surface area contributed by atoms with E-state index in [1.54, 1.807) is 0 Å². The maximum Gasteiger partial charge on any atom is 0.573 e. The number of aromatic nitrogens is 1. The third-order valence-corrected chi connectivity index (χ3v) is 4.12. The number of rotatable bonds is 6. The van der Waals surface area contributed by atoms with Crippen molar-refractivity contribution in [3.8, 4) is 33.9 Å². The molecule has 0 spiro atoms. The molecule has 0 aliphatic heterocycles. The van der Waals surface area contributed by atoms with Crippen LogP contribution >= 0.6 is 0 Å². The topological polar surface area (TPSA) is 68.7 Å². The fourth-order valence-electron chi connectivity index (χ4n) is 2.99. The second-order valence-corrected chi connectivity index (χ2v) is 6.39. The number of para-hydroxylation sites is 2. The first-order valence-electron chi connectivity index (χ1n) is 8.84. The lowest BCUT2D eigenvalue weighted by molar-refractivity contribution is -0.275. The van der Waals surface area contributed by atoms with Crippen molar-refractivity contribution in [2.75, 3.05) is 0 Å². The first-order valence-corrected chi connectivity index (χ1v) is 8.84. The number of carbonyl (C=O) groups is 1. The molecule has 1 aromatic heterocycles. The van der Waals surface area contributed by atoms with Gasteiger partial charge in [0.1, 0.15) is 11.5 Å². The van der Waals surface area contributed by atoms with Gasteiger partial charge in [-0.15, -0.1) is 26.3 Å². The van der Waals surface area contributed by atoms with Crippen LogP contribution in [0, 0.1) is 0 Å². The molecule has 0 aliphatic carbocycles. The fraction of sp³-hybridized carbons (Fsp3) is 0.143. The number of carboxylic acids is 1. The van der Waals surface area contributed by atoms with Gasteiger partial charge in [0.05, 0.1) is 12.1 Å². The molecule has 0 unspecified atom stereocenters. The van der Waals surface area contributed by atoms with Crippen LogP contribution in [-0.4, -0.2) is 28.8 Å². The number of benzene rings is 2. The van der Waals surface area contributed by atoms with Crippen LogP contribution < -0.4 is 9.47 Å². The Kier molecular flexibility index (Phi) is 6.28. The highest BCUT2D eigenvalue weighted by atomic mass is 19.4. The highest BCUT2D eigenvalue weighted by molar-refractivity contribution is 5.81. The Balaban J connectivity index is 2.14. The van der Waals surface area contributed by atoms with E-state index in [9.17, 15) is 36.2 Å². The van der Waals surface area contributed by atoms with E-state index in [0.29, 0.717) is 0 Å². The number of halogens is 6. The summed E-state index contributed by atoms with van der Waals surface area (Å²) in [5.74, 6) is -2.46. The van der Waals surface area contributed by atoms with Gasteiger partial charge in [0.15, 0.2) is 0 Å². The van der Waals surface area contributed by atoms with Crippen molar-refractivity contribution in [2.45, 2.75) is 19.1 Å². The Morgan fingerprint density at radius 3 is 1.84 bits per heavy atom. The van der Waals surface area contributed by atoms with Crippen molar-refractivity contribution in [3.63, 3.8) is 0 Å². The average molecular weight is 457 g/mol. The SMILES string of the molecule is O=C(O)Cc1cc(-c2ccccc2OC(F)(F)F)ncc1-c1ccccc1OC(F)(F)F. The molecule has 0 saturated heterocycles. The number of aliphatic carboxylic acids is 1. The van der Waals surface area contributed by atoms with Crippen LogP contribution in [0.4, 0.5) is 26.3 Å². The van der Waals surface area contributed by atoms with Gasteiger partial charge in [0, 0.05) is 22.9 Å². The zero-order valence-electron chi connectivity index (χ0n) is 15.9. The maximum atomic E-state index is 12.8. The summed E-state index contributed by atoms with van der Waals surface area (Å²) in [7, 11) is 0. The largest absolute Gasteiger partial charge is 0.573 e. The van der Waals surface area contributed by atoms with Crippen LogP contribution in [0.2, 0.25) is 0 Å². The van der Waals surface area contributed by atoms with Crippen molar-refractivity contribution in [1.82, 2.24) is 4.98 Å². The van der Waals surface area contributed by atoms with Gasteiger partial charge in [0.25, 0.3) is 0 Å². The summed E-state index contributed by atoms with van der Waals surface area (Å²) in [6.07, 6.45) is -9.53. The monoisotopic (exact) mass is 457 g/mol. The summed E-state index contributed by atoms with van der Waals surface area (Å²) in [6, 6.07) is 11.3. The van der Waals surface area contributed by atoms with Crippen LogP contribution in [-0.2, 0) is 11.2 Å². The second kappa shape index (κ2) is 8.77. The molecule has 3 rings (SSSR count). The van der Waals surface area contributed by atoms with Crippen molar-refractivity contribution >= 4 is 5.97 Å². The molecule has 0 fully saturated rings. The van der Waals surface area contributed by atoms with Crippen LogP contribution in [0.1, 0.15) is 5.56 Å². The Hall–Kier alpha value is -3.76. The van der Waals surface area contributed by atoms with E-state index in [-0.39, 0.29) is 27.9 Å². The van der Waals surface area contributed by atoms with Gasteiger partial charge >= 0.3 is 18.7 Å². The minimum atomic E-state index is -5.00. The van der Waals surface area contributed by atoms with Crippen LogP contribution in [0.3, 0.4) is 0 Å². The number of nitrogens with zero attached hydrogens (tertiary/aromatic N) is 1. The van der Waals surface area contributed by atoms with E-state index in [4.69, 9.17) is 0 Å². The van der Waals surface area contributed by atoms with E-state index < -0.39 is 36.6 Å². The predicted molar refractivity (Wildman–Crippen MR) is 99.8 cm³/mol. The molecule has 32 heavy (non-hydrogen) atoms. The number of hydrogen-bond donors (Lipinski definition) is 1. The molecule has 11 heteroatoms. The first-order chi connectivity index (χ1) is 14.9. The van der Waals surface area contributed by atoms with Crippen molar-refractivity contribution in [1.29, 1.82) is 0 Å². The minimum absolute atomic E-state index is 0.0162. The molecule has 0 amide bonds. The number of alkyl halides is 6. The summed E-state index contributed by atoms with van der Waals surface area (Å²) >= 11 is 0. The molecule has 1 heterocycles. The summed E-state index contributed by atoms with van der Waals surface area (Å²) < 4.78 is 84.5. The lowest BCUT2D eigenvalue weighted by Gasteiger charge is -2.17. The molecule has 0 saturated carbocycles. The van der Waals surface area contributed by atoms with Gasteiger partial charge in [0.2, 0.25) is 0 Å². The highest BCUT2D eigenvalue weighted by Crippen LogP contribution is 2.38. The second-order valence-electron chi connectivity index (χ2n) is 6.39. The fourth-order valence-corrected chi connectivity index (χ4v) is 2.99. The Morgan fingerprint density at radius 2 is 1.31 bits per heavy atom. The standard InChI is InChI=1S/C21H13F6NO4/c22-20(23,24)31-17-7-3-1-5-13(17)15-11-28-16(9-12(15)10-19(29)30)14-6-2-4-8-18(14)32-21(25,26)27/h1-9,11H,10H2,(H,29,30). The Bertz CT molecular complexity index is 1130. The summed E-state index contributed by atoms with van der Waals surface area (Å²) in [5, 5.41) is 9.26. The molecule has 3 aromatic rings. The molecular formula is C21H13F6NO4. The highest BCUT2D eigenvalue weighted by Gasteiger charge is 2.33. The third kappa shape index (κ3) is 5.90. The molecule has 2 aromatic carbocycles. The van der Waals surface area contributed by atoms with E-state index in [2.05, 4.69) is 14.5 Å². The molecular weight excluding hydrogens is 444 g/mol. The van der Waals surface area contributed by atoms with Gasteiger partial charge in [-0.3, -0.25) is 9.78 Å². The smallest absolute Gasteiger partial charge is 0.481 e. The zero-order valence-corrected chi connectivity index (χ0v) is 15.9. The van der Waals surface area contributed by atoms with Crippen LogP contribution in [0.25, 0.3) is 22.4 Å². The number of pyridine rings is 1. The third-order valence-electron chi connectivity index (χ3n) is 4.12. The summed E-state index contributed by atoms with van der Waals surface area (Å²) in [5.41, 5.74) is -0.186. The van der Waals surface area contributed by atoms with Crippen LogP contribution in [0.5, 0.6) is 11.5 Å². The van der Waals surface area contributed by atoms with Gasteiger partial charge < -0.3 is 14.6 Å². The van der Waals surface area contributed by atoms with E-state index >= 15 is 0 Å². The number of hydrogen-bond acceptors (Lipinski definition) is 4. The maximum absolute atomic E-state index is 12.8. The number of carboxylic acid groups (broad SMARTS) is 1. The van der Waals surface area contributed by atoms with Gasteiger partial charge in [-0.2, -0.15) is 0 Å². The van der Waals surface area contributed by atoms with Crippen molar-refractivity contribution in [3.05, 3.63) is 66.4 Å². The lowest BCUT2D eigenvalue weighted by atomic mass is 9.96. The minimum Gasteiger partial charge on any atom is -0.481 e. The quantitative estimate of drug-likeness (QED) is 0.471. The normalized spacial score (nSPS) is 11.8. The molecule has 1 N–H and O–H groups in total. The predicted octanol–water partition coefficient (Wildman–Crippen LogP) is 5.84. The number of ether oxygens (including phenoxy) is 2. The summed E-state index contributed by atoms with van der Waals surface area (Å²) in [4.78, 5) is 15.4. The average Bonchev–Trinajstić information content (AvgIpc) is 2.66. The van der Waals surface area contributed by atoms with Gasteiger partial charge in [-0.1, -0.05) is 30.3 Å². The first kappa shape index (κ1) is 22.9. The molecule has 0 atom stereocenters. The Morgan fingerprint density at radius 1 is 0.812 bits per heavy atom. The Labute approximate surface area is 176 Å². The molecule has 0 aliphatic rings. The van der Waals surface area contributed by atoms with Crippen LogP contribution in [0.15, 0.2) is 60.8 Å². The van der Waals surface area contributed by atoms with E-state index in [1.165, 1.54) is 42.5 Å². The van der Waals surface area contributed by atoms with E-state index in [0.717, 1.165) is 18.3 Å². The zero-order chi connectivity index (χ0) is 23.5. The molecule has 0 bridgehead atoms. The molecule has 168 valence electrons. The van der Waals surface area contributed by atoms with Gasteiger partial charge in [-0.05, 0) is 29.8 Å². The lowest BCUT2D eigenvalue weighted by Crippen LogP contribution is -2.18. The van der Waals surface area contributed by atoms with Gasteiger partial charge in [-0.25, -0.2) is 0 Å². The summed E-state index contributed by atoms with van der Waals surface area (Å²) in [6.45, 7) is 0. The molecule has 0 radical (unpaired) electrons. The van der Waals surface area contributed by atoms with Crippen molar-refractivity contribution < 1.29 is 45.7 Å².